The molecule has 1 fully saturated rings. The molecule has 2 heteroatoms. The van der Waals surface area contributed by atoms with E-state index in [0.717, 1.165) is 25.8 Å². The lowest BCUT2D eigenvalue weighted by Crippen LogP contribution is -2.26. The Bertz CT molecular complexity index is 490. The van der Waals surface area contributed by atoms with E-state index in [-0.39, 0.29) is 22.7 Å². The molecule has 0 spiro atoms. The SMILES string of the molecule is C/C(=C\CCC(C)(C)C1=CCC2C(=O)NCC2C1)C(C)(C)C. The molecule has 2 rings (SSSR count). The molecule has 1 aliphatic carbocycles. The van der Waals surface area contributed by atoms with Crippen molar-refractivity contribution < 1.29 is 4.79 Å². The predicted molar refractivity (Wildman–Crippen MR) is 93.5 cm³/mol. The van der Waals surface area contributed by atoms with Gasteiger partial charge in [-0.25, -0.2) is 0 Å². The molecular formula is C20H33NO. The van der Waals surface area contributed by atoms with Gasteiger partial charge in [-0.1, -0.05) is 57.9 Å². The molecule has 1 saturated heterocycles. The van der Waals surface area contributed by atoms with E-state index in [1.807, 2.05) is 0 Å². The van der Waals surface area contributed by atoms with Crippen LogP contribution in [-0.4, -0.2) is 12.5 Å². The predicted octanol–water partition coefficient (Wildman–Crippen LogP) is 4.87. The van der Waals surface area contributed by atoms with Crippen molar-refractivity contribution in [3.05, 3.63) is 23.3 Å². The Morgan fingerprint density at radius 2 is 2.00 bits per heavy atom. The zero-order chi connectivity index (χ0) is 16.5. The van der Waals surface area contributed by atoms with Gasteiger partial charge in [0, 0.05) is 12.5 Å². The van der Waals surface area contributed by atoms with Crippen LogP contribution in [0.3, 0.4) is 0 Å². The highest BCUT2D eigenvalue weighted by molar-refractivity contribution is 5.81. The summed E-state index contributed by atoms with van der Waals surface area (Å²) in [6.07, 6.45) is 9.12. The second kappa shape index (κ2) is 6.22. The van der Waals surface area contributed by atoms with Gasteiger partial charge in [0.05, 0.1) is 0 Å². The average molecular weight is 303 g/mol. The van der Waals surface area contributed by atoms with Crippen molar-refractivity contribution in [1.82, 2.24) is 5.32 Å². The molecule has 0 bridgehead atoms. The molecule has 0 saturated carbocycles. The molecule has 1 aliphatic heterocycles. The van der Waals surface area contributed by atoms with E-state index in [1.165, 1.54) is 12.0 Å². The van der Waals surface area contributed by atoms with E-state index >= 15 is 0 Å². The third kappa shape index (κ3) is 3.83. The van der Waals surface area contributed by atoms with Crippen molar-refractivity contribution in [2.24, 2.45) is 22.7 Å². The molecule has 1 N–H and O–H groups in total. The Labute approximate surface area is 136 Å². The topological polar surface area (TPSA) is 29.1 Å². The molecule has 0 aromatic heterocycles. The largest absolute Gasteiger partial charge is 0.356 e. The van der Waals surface area contributed by atoms with E-state index < -0.39 is 0 Å². The highest BCUT2D eigenvalue weighted by Gasteiger charge is 2.39. The zero-order valence-electron chi connectivity index (χ0n) is 15.3. The molecular weight excluding hydrogens is 270 g/mol. The van der Waals surface area contributed by atoms with Gasteiger partial charge < -0.3 is 5.32 Å². The molecule has 2 unspecified atom stereocenters. The Morgan fingerprint density at radius 1 is 1.32 bits per heavy atom. The number of carbonyl (C=O) groups excluding carboxylic acids is 1. The first-order valence-corrected chi connectivity index (χ1v) is 8.76. The number of allylic oxidation sites excluding steroid dienone is 4. The average Bonchev–Trinajstić information content (AvgIpc) is 2.78. The first-order chi connectivity index (χ1) is 10.1. The highest BCUT2D eigenvalue weighted by atomic mass is 16.2. The van der Waals surface area contributed by atoms with Gasteiger partial charge in [-0.15, -0.1) is 0 Å². The molecule has 124 valence electrons. The van der Waals surface area contributed by atoms with Crippen molar-refractivity contribution in [3.63, 3.8) is 0 Å². The number of hydrogen-bond acceptors (Lipinski definition) is 1. The molecule has 1 amide bonds. The van der Waals surface area contributed by atoms with E-state index in [1.54, 1.807) is 5.57 Å². The van der Waals surface area contributed by atoms with Crippen molar-refractivity contribution in [2.45, 2.75) is 67.2 Å². The zero-order valence-corrected chi connectivity index (χ0v) is 15.3. The summed E-state index contributed by atoms with van der Waals surface area (Å²) in [4.78, 5) is 11.8. The van der Waals surface area contributed by atoms with Crippen LogP contribution in [0.2, 0.25) is 0 Å². The monoisotopic (exact) mass is 303 g/mol. The van der Waals surface area contributed by atoms with Crippen LogP contribution in [0.15, 0.2) is 23.3 Å². The molecule has 2 nitrogen and oxygen atoms in total. The maximum Gasteiger partial charge on any atom is 0.223 e. The van der Waals surface area contributed by atoms with E-state index in [4.69, 9.17) is 0 Å². The van der Waals surface area contributed by atoms with E-state index in [0.29, 0.717) is 5.92 Å². The summed E-state index contributed by atoms with van der Waals surface area (Å²) in [5.74, 6) is 1.03. The van der Waals surface area contributed by atoms with Crippen molar-refractivity contribution in [3.8, 4) is 0 Å². The van der Waals surface area contributed by atoms with Gasteiger partial charge in [-0.3, -0.25) is 4.79 Å². The minimum atomic E-state index is 0.239. The molecule has 1 heterocycles. The Morgan fingerprint density at radius 3 is 2.64 bits per heavy atom. The molecule has 2 atom stereocenters. The molecule has 2 aliphatic rings. The summed E-state index contributed by atoms with van der Waals surface area (Å²) in [6, 6.07) is 0. The first-order valence-electron chi connectivity index (χ1n) is 8.76. The Balaban J connectivity index is 1.96. The minimum Gasteiger partial charge on any atom is -0.356 e. The normalized spacial score (nSPS) is 26.5. The smallest absolute Gasteiger partial charge is 0.223 e. The fourth-order valence-electron chi connectivity index (χ4n) is 3.54. The summed E-state index contributed by atoms with van der Waals surface area (Å²) in [5.41, 5.74) is 3.56. The quantitative estimate of drug-likeness (QED) is 0.738. The first kappa shape index (κ1) is 17.3. The second-order valence-electron chi connectivity index (χ2n) is 8.84. The second-order valence-corrected chi connectivity index (χ2v) is 8.84. The third-order valence-corrected chi connectivity index (χ3v) is 5.82. The van der Waals surface area contributed by atoms with Crippen molar-refractivity contribution in [2.75, 3.05) is 6.54 Å². The summed E-state index contributed by atoms with van der Waals surface area (Å²) in [7, 11) is 0. The lowest BCUT2D eigenvalue weighted by molar-refractivity contribution is -0.123. The van der Waals surface area contributed by atoms with Crippen LogP contribution >= 0.6 is 0 Å². The van der Waals surface area contributed by atoms with Gasteiger partial charge in [0.1, 0.15) is 0 Å². The third-order valence-electron chi connectivity index (χ3n) is 5.82. The maximum atomic E-state index is 11.8. The van der Waals surface area contributed by atoms with Gasteiger partial charge in [0.25, 0.3) is 0 Å². The Kier molecular flexibility index (Phi) is 4.89. The summed E-state index contributed by atoms with van der Waals surface area (Å²) in [6.45, 7) is 14.7. The highest BCUT2D eigenvalue weighted by Crippen LogP contribution is 2.43. The van der Waals surface area contributed by atoms with Gasteiger partial charge in [-0.2, -0.15) is 0 Å². The number of nitrogens with one attached hydrogen (secondary N) is 1. The van der Waals surface area contributed by atoms with Crippen LogP contribution < -0.4 is 5.32 Å². The molecule has 0 aromatic rings. The fraction of sp³-hybridized carbons (Fsp3) is 0.750. The number of hydrogen-bond donors (Lipinski definition) is 1. The van der Waals surface area contributed by atoms with E-state index in [2.05, 4.69) is 59.0 Å². The fourth-order valence-corrected chi connectivity index (χ4v) is 3.54. The van der Waals surface area contributed by atoms with E-state index in [9.17, 15) is 4.79 Å². The van der Waals surface area contributed by atoms with Crippen LogP contribution in [0, 0.1) is 22.7 Å². The standard InChI is InChI=1S/C20H33NO/c1-14(19(2,3)4)8-7-11-20(5,6)16-9-10-17-15(12-16)13-21-18(17)22/h8-9,15,17H,7,10-13H2,1-6H3,(H,21,22)/b14-8+. The molecule has 22 heavy (non-hydrogen) atoms. The Hall–Kier alpha value is -1.05. The maximum absolute atomic E-state index is 11.8. The number of carbonyl (C=O) groups is 1. The lowest BCUT2D eigenvalue weighted by Gasteiger charge is -2.34. The summed E-state index contributed by atoms with van der Waals surface area (Å²) in [5, 5.41) is 3.03. The number of amides is 1. The lowest BCUT2D eigenvalue weighted by atomic mass is 9.70. The molecule has 0 radical (unpaired) electrons. The van der Waals surface area contributed by atoms with Crippen molar-refractivity contribution in [1.29, 1.82) is 0 Å². The number of rotatable bonds is 4. The van der Waals surface area contributed by atoms with Gasteiger partial charge in [-0.05, 0) is 49.4 Å². The van der Waals surface area contributed by atoms with Gasteiger partial charge in [0.2, 0.25) is 5.91 Å². The van der Waals surface area contributed by atoms with Crippen LogP contribution in [0.25, 0.3) is 0 Å². The number of fused-ring (bicyclic) bond motifs is 1. The van der Waals surface area contributed by atoms with Crippen LogP contribution in [0.5, 0.6) is 0 Å². The molecule has 0 aromatic carbocycles. The van der Waals surface area contributed by atoms with Crippen LogP contribution in [0.4, 0.5) is 0 Å². The summed E-state index contributed by atoms with van der Waals surface area (Å²) >= 11 is 0. The minimum absolute atomic E-state index is 0.239. The van der Waals surface area contributed by atoms with Crippen LogP contribution in [-0.2, 0) is 4.79 Å². The van der Waals surface area contributed by atoms with Gasteiger partial charge in [0.15, 0.2) is 0 Å². The summed E-state index contributed by atoms with van der Waals surface area (Å²) < 4.78 is 0. The van der Waals surface area contributed by atoms with Crippen LogP contribution in [0.1, 0.15) is 67.2 Å². The van der Waals surface area contributed by atoms with Crippen molar-refractivity contribution >= 4 is 5.91 Å². The van der Waals surface area contributed by atoms with Gasteiger partial charge >= 0.3 is 0 Å².